The second kappa shape index (κ2) is 6.75. The van der Waals surface area contributed by atoms with Gasteiger partial charge in [0.05, 0.1) is 5.56 Å². The molecule has 1 aromatic carbocycles. The van der Waals surface area contributed by atoms with Crippen molar-refractivity contribution < 1.29 is 23.9 Å². The van der Waals surface area contributed by atoms with Crippen LogP contribution < -0.4 is 0 Å². The van der Waals surface area contributed by atoms with E-state index in [0.29, 0.717) is 18.4 Å². The van der Waals surface area contributed by atoms with Gasteiger partial charge in [-0.25, -0.2) is 4.79 Å². The molecule has 1 unspecified atom stereocenters. The third-order valence-corrected chi connectivity index (χ3v) is 4.24. The molecule has 24 heavy (non-hydrogen) atoms. The molecule has 0 heterocycles. The van der Waals surface area contributed by atoms with Crippen LogP contribution in [0.2, 0.25) is 0 Å². The summed E-state index contributed by atoms with van der Waals surface area (Å²) in [5.41, 5.74) is -1.36. The molecule has 1 aliphatic rings. The van der Waals surface area contributed by atoms with Crippen molar-refractivity contribution in [1.29, 1.82) is 0 Å². The number of carbonyl (C=O) groups excluding carboxylic acids is 3. The molecule has 0 aliphatic heterocycles. The van der Waals surface area contributed by atoms with Gasteiger partial charge in [-0.15, -0.1) is 0 Å². The summed E-state index contributed by atoms with van der Waals surface area (Å²) >= 11 is 0. The molecule has 0 N–H and O–H groups in total. The molecule has 2 rings (SSSR count). The molecule has 5 nitrogen and oxygen atoms in total. The molecule has 130 valence electrons. The molecule has 1 aromatic rings. The van der Waals surface area contributed by atoms with E-state index < -0.39 is 29.1 Å². The summed E-state index contributed by atoms with van der Waals surface area (Å²) in [6.07, 6.45) is -0.0618. The number of rotatable bonds is 4. The Labute approximate surface area is 142 Å². The summed E-state index contributed by atoms with van der Waals surface area (Å²) < 4.78 is 11.0. The van der Waals surface area contributed by atoms with Crippen molar-refractivity contribution in [2.24, 2.45) is 5.41 Å². The fraction of sp³-hybridized carbons (Fsp3) is 0.526. The summed E-state index contributed by atoms with van der Waals surface area (Å²) in [5.74, 6) is -0.997. The summed E-state index contributed by atoms with van der Waals surface area (Å²) in [6, 6.07) is 8.58. The predicted octanol–water partition coefficient (Wildman–Crippen LogP) is 3.31. The van der Waals surface area contributed by atoms with Crippen LogP contribution in [0.1, 0.15) is 57.3 Å². The molecular formula is C19H24O5. The first-order valence-corrected chi connectivity index (χ1v) is 8.15. The molecule has 5 heteroatoms. The molecule has 2 atom stereocenters. The average molecular weight is 332 g/mol. The minimum atomic E-state index is -1.10. The number of ketones is 1. The lowest BCUT2D eigenvalue weighted by Crippen LogP contribution is -2.45. The zero-order chi connectivity index (χ0) is 18.0. The van der Waals surface area contributed by atoms with Crippen LogP contribution in [0.25, 0.3) is 0 Å². The fourth-order valence-electron chi connectivity index (χ4n) is 2.87. The van der Waals surface area contributed by atoms with Crippen molar-refractivity contribution >= 4 is 17.7 Å². The molecule has 1 saturated carbocycles. The van der Waals surface area contributed by atoms with Crippen molar-refractivity contribution in [2.45, 2.75) is 58.7 Å². The van der Waals surface area contributed by atoms with Gasteiger partial charge in [0.1, 0.15) is 22.9 Å². The van der Waals surface area contributed by atoms with E-state index in [1.807, 2.05) is 0 Å². The van der Waals surface area contributed by atoms with Crippen molar-refractivity contribution in [3.05, 3.63) is 35.9 Å². The van der Waals surface area contributed by atoms with E-state index >= 15 is 0 Å². The first kappa shape index (κ1) is 18.2. The monoisotopic (exact) mass is 332 g/mol. The maximum atomic E-state index is 12.7. The number of benzene rings is 1. The van der Waals surface area contributed by atoms with Gasteiger partial charge >= 0.3 is 11.9 Å². The van der Waals surface area contributed by atoms with Gasteiger partial charge in [0.15, 0.2) is 0 Å². The van der Waals surface area contributed by atoms with Crippen molar-refractivity contribution in [1.82, 2.24) is 0 Å². The molecule has 1 fully saturated rings. The van der Waals surface area contributed by atoms with Gasteiger partial charge in [-0.05, 0) is 46.2 Å². The second-order valence-electron chi connectivity index (χ2n) is 7.29. The Morgan fingerprint density at radius 1 is 1.17 bits per heavy atom. The molecule has 0 aromatic heterocycles. The molecule has 1 aliphatic carbocycles. The highest BCUT2D eigenvalue weighted by Crippen LogP contribution is 2.42. The van der Waals surface area contributed by atoms with Crippen LogP contribution in [0, 0.1) is 5.41 Å². The SMILES string of the molecule is CC(OC(=O)c1ccccc1)[C@]1(C(=O)OC(C)(C)C)CCC(=O)C1. The van der Waals surface area contributed by atoms with E-state index in [1.165, 1.54) is 0 Å². The minimum Gasteiger partial charge on any atom is -0.459 e. The van der Waals surface area contributed by atoms with Gasteiger partial charge in [0, 0.05) is 12.8 Å². The Kier molecular flexibility index (Phi) is 5.11. The smallest absolute Gasteiger partial charge is 0.338 e. The molecule has 0 bridgehead atoms. The predicted molar refractivity (Wildman–Crippen MR) is 88.5 cm³/mol. The van der Waals surface area contributed by atoms with Crippen LogP contribution in [-0.2, 0) is 19.1 Å². The Balaban J connectivity index is 2.20. The first-order chi connectivity index (χ1) is 11.1. The molecule has 0 amide bonds. The number of carbonyl (C=O) groups is 3. The Bertz CT molecular complexity index is 629. The van der Waals surface area contributed by atoms with Gasteiger partial charge in [-0.3, -0.25) is 9.59 Å². The van der Waals surface area contributed by atoms with Crippen molar-refractivity contribution in [3.8, 4) is 0 Å². The summed E-state index contributed by atoms with van der Waals surface area (Å²) in [7, 11) is 0. The maximum absolute atomic E-state index is 12.7. The maximum Gasteiger partial charge on any atom is 0.338 e. The van der Waals surface area contributed by atoms with Crippen LogP contribution in [0.15, 0.2) is 30.3 Å². The molecule has 0 spiro atoms. The molecule has 0 saturated heterocycles. The highest BCUT2D eigenvalue weighted by Gasteiger charge is 2.53. The zero-order valence-electron chi connectivity index (χ0n) is 14.6. The summed E-state index contributed by atoms with van der Waals surface area (Å²) in [5, 5.41) is 0. The highest BCUT2D eigenvalue weighted by molar-refractivity contribution is 5.93. The van der Waals surface area contributed by atoms with Crippen molar-refractivity contribution in [3.63, 3.8) is 0 Å². The van der Waals surface area contributed by atoms with Gasteiger partial charge in [0.2, 0.25) is 0 Å². The van der Waals surface area contributed by atoms with Crippen LogP contribution in [-0.4, -0.2) is 29.4 Å². The largest absolute Gasteiger partial charge is 0.459 e. The van der Waals surface area contributed by atoms with Gasteiger partial charge < -0.3 is 9.47 Å². The molecular weight excluding hydrogens is 308 g/mol. The van der Waals surface area contributed by atoms with Crippen LogP contribution in [0.3, 0.4) is 0 Å². The van der Waals surface area contributed by atoms with Crippen LogP contribution in [0.5, 0.6) is 0 Å². The Morgan fingerprint density at radius 3 is 2.29 bits per heavy atom. The normalized spacial score (nSPS) is 22.1. The van der Waals surface area contributed by atoms with E-state index in [1.54, 1.807) is 58.0 Å². The lowest BCUT2D eigenvalue weighted by Gasteiger charge is -2.34. The minimum absolute atomic E-state index is 0.0107. The van der Waals surface area contributed by atoms with Gasteiger partial charge in [-0.1, -0.05) is 18.2 Å². The lowest BCUT2D eigenvalue weighted by molar-refractivity contribution is -0.174. The zero-order valence-corrected chi connectivity index (χ0v) is 14.6. The van der Waals surface area contributed by atoms with E-state index in [2.05, 4.69) is 0 Å². The second-order valence-corrected chi connectivity index (χ2v) is 7.29. The summed E-state index contributed by atoms with van der Waals surface area (Å²) in [6.45, 7) is 6.98. The van der Waals surface area contributed by atoms with E-state index in [-0.39, 0.29) is 12.2 Å². The van der Waals surface area contributed by atoms with Gasteiger partial charge in [-0.2, -0.15) is 0 Å². The standard InChI is InChI=1S/C19H24O5/c1-13(23-16(21)14-8-6-5-7-9-14)19(11-10-15(20)12-19)17(22)24-18(2,3)4/h5-9,13H,10-12H2,1-4H3/t13?,19-/m0/s1. The number of Topliss-reactive ketones (excluding diaryl/α,β-unsaturated/α-hetero) is 1. The van der Waals surface area contributed by atoms with Crippen molar-refractivity contribution in [2.75, 3.05) is 0 Å². The average Bonchev–Trinajstić information content (AvgIpc) is 2.90. The lowest BCUT2D eigenvalue weighted by atomic mass is 9.80. The highest BCUT2D eigenvalue weighted by atomic mass is 16.6. The Hall–Kier alpha value is -2.17. The number of hydrogen-bond donors (Lipinski definition) is 0. The third-order valence-electron chi connectivity index (χ3n) is 4.24. The first-order valence-electron chi connectivity index (χ1n) is 8.15. The van der Waals surface area contributed by atoms with E-state index in [0.717, 1.165) is 0 Å². The fourth-order valence-corrected chi connectivity index (χ4v) is 2.87. The number of hydrogen-bond acceptors (Lipinski definition) is 5. The number of esters is 2. The van der Waals surface area contributed by atoms with E-state index in [9.17, 15) is 14.4 Å². The topological polar surface area (TPSA) is 69.7 Å². The summed E-state index contributed by atoms with van der Waals surface area (Å²) in [4.78, 5) is 36.8. The van der Waals surface area contributed by atoms with Crippen LogP contribution in [0.4, 0.5) is 0 Å². The molecule has 0 radical (unpaired) electrons. The quantitative estimate of drug-likeness (QED) is 0.791. The van der Waals surface area contributed by atoms with Crippen LogP contribution >= 0.6 is 0 Å². The van der Waals surface area contributed by atoms with Gasteiger partial charge in [0.25, 0.3) is 0 Å². The number of ether oxygens (including phenoxy) is 2. The Morgan fingerprint density at radius 2 is 1.79 bits per heavy atom. The third kappa shape index (κ3) is 4.02. The van der Waals surface area contributed by atoms with E-state index in [4.69, 9.17) is 9.47 Å².